The van der Waals surface area contributed by atoms with Crippen molar-refractivity contribution in [1.82, 2.24) is 0 Å². The van der Waals surface area contributed by atoms with E-state index in [4.69, 9.17) is 0 Å². The van der Waals surface area contributed by atoms with Crippen molar-refractivity contribution in [3.8, 4) is 0 Å². The van der Waals surface area contributed by atoms with Gasteiger partial charge in [-0.05, 0) is 18.8 Å². The molecule has 0 spiro atoms. The minimum atomic E-state index is 0.983. The Kier molecular flexibility index (Phi) is 5.51. The second kappa shape index (κ2) is 5.55. The van der Waals surface area contributed by atoms with E-state index in [-0.39, 0.29) is 0 Å². The average molecular weight is 174 g/mol. The van der Waals surface area contributed by atoms with E-state index in [1.165, 1.54) is 30.4 Å². The van der Waals surface area contributed by atoms with Gasteiger partial charge in [-0.2, -0.15) is 0 Å². The zero-order chi connectivity index (χ0) is 9.61. The van der Waals surface area contributed by atoms with Gasteiger partial charge in [0.2, 0.25) is 0 Å². The lowest BCUT2D eigenvalue weighted by Crippen LogP contribution is -2.45. The first-order valence-electron chi connectivity index (χ1n) is 4.74. The number of quaternary nitrogens is 1. The summed E-state index contributed by atoms with van der Waals surface area (Å²) in [6.45, 7) is 5.11. The van der Waals surface area contributed by atoms with Gasteiger partial charge in [-0.25, -0.2) is 0 Å². The first kappa shape index (κ1) is 11.9. The molecule has 1 heterocycles. The fraction of sp³-hybridized carbons (Fsp3) is 1.00. The molecule has 0 amide bonds. The van der Waals surface area contributed by atoms with Gasteiger partial charge in [-0.3, -0.25) is 0 Å². The highest BCUT2D eigenvalue weighted by molar-refractivity contribution is 4.57. The van der Waals surface area contributed by atoms with Crippen molar-refractivity contribution in [2.24, 2.45) is 5.92 Å². The summed E-state index contributed by atoms with van der Waals surface area (Å²) in [5.74, 6) is 0.983. The van der Waals surface area contributed by atoms with Crippen LogP contribution in [-0.2, 0) is 4.74 Å². The molecule has 0 aromatic carbocycles. The van der Waals surface area contributed by atoms with E-state index in [0.717, 1.165) is 5.92 Å². The first-order valence-corrected chi connectivity index (χ1v) is 4.74. The molecule has 0 radical (unpaired) electrons. The van der Waals surface area contributed by atoms with Gasteiger partial charge in [-0.1, -0.05) is 6.92 Å². The molecular weight excluding hydrogens is 150 g/mol. The Morgan fingerprint density at radius 3 is 1.67 bits per heavy atom. The molecule has 2 nitrogen and oxygen atoms in total. The first-order chi connectivity index (χ1) is 5.52. The van der Waals surface area contributed by atoms with Crippen molar-refractivity contribution in [3.05, 3.63) is 0 Å². The van der Waals surface area contributed by atoms with Crippen molar-refractivity contribution in [3.63, 3.8) is 0 Å². The van der Waals surface area contributed by atoms with E-state index in [1.807, 2.05) is 0 Å². The summed E-state index contributed by atoms with van der Waals surface area (Å²) in [5, 5.41) is 0. The lowest BCUT2D eigenvalue weighted by atomic mass is 9.98. The number of nitrogens with zero attached hydrogens (tertiary/aromatic N) is 1. The number of ether oxygens (including phenoxy) is 1. The molecule has 0 N–H and O–H groups in total. The van der Waals surface area contributed by atoms with E-state index >= 15 is 0 Å². The Balaban J connectivity index is 0.000000354. The van der Waals surface area contributed by atoms with Crippen molar-refractivity contribution in [2.45, 2.75) is 19.8 Å². The van der Waals surface area contributed by atoms with E-state index in [2.05, 4.69) is 25.8 Å². The fourth-order valence-corrected chi connectivity index (χ4v) is 1.40. The van der Waals surface area contributed by atoms with Gasteiger partial charge in [0.1, 0.15) is 0 Å². The van der Waals surface area contributed by atoms with E-state index in [0.29, 0.717) is 0 Å². The van der Waals surface area contributed by atoms with Crippen molar-refractivity contribution < 1.29 is 9.22 Å². The zero-order valence-electron chi connectivity index (χ0n) is 9.26. The number of piperidine rings is 1. The van der Waals surface area contributed by atoms with E-state index in [1.54, 1.807) is 14.2 Å². The molecule has 1 rings (SSSR count). The molecule has 0 unspecified atom stereocenters. The molecule has 0 bridgehead atoms. The van der Waals surface area contributed by atoms with Crippen LogP contribution in [0.3, 0.4) is 0 Å². The van der Waals surface area contributed by atoms with Crippen LogP contribution >= 0.6 is 0 Å². The van der Waals surface area contributed by atoms with E-state index < -0.39 is 0 Å². The maximum atomic E-state index is 4.25. The quantitative estimate of drug-likeness (QED) is 0.508. The molecule has 1 saturated heterocycles. The lowest BCUT2D eigenvalue weighted by molar-refractivity contribution is -0.896. The van der Waals surface area contributed by atoms with Crippen LogP contribution in [0.2, 0.25) is 0 Å². The van der Waals surface area contributed by atoms with Crippen LogP contribution in [0.25, 0.3) is 0 Å². The number of likely N-dealkylation sites (tertiary alicyclic amines) is 1. The average Bonchev–Trinajstić information content (AvgIpc) is 1.98. The second-order valence-corrected chi connectivity index (χ2v) is 4.47. The van der Waals surface area contributed by atoms with Crippen LogP contribution in [0.15, 0.2) is 0 Å². The molecule has 74 valence electrons. The Morgan fingerprint density at radius 2 is 1.42 bits per heavy atom. The maximum absolute atomic E-state index is 4.25. The number of hydrogen-bond donors (Lipinski definition) is 0. The van der Waals surface area contributed by atoms with Crippen molar-refractivity contribution in [2.75, 3.05) is 41.4 Å². The van der Waals surface area contributed by atoms with Gasteiger partial charge in [-0.15, -0.1) is 0 Å². The summed E-state index contributed by atoms with van der Waals surface area (Å²) < 4.78 is 5.49. The molecule has 0 aliphatic carbocycles. The van der Waals surface area contributed by atoms with Crippen molar-refractivity contribution in [1.29, 1.82) is 0 Å². The Morgan fingerprint density at radius 1 is 1.08 bits per heavy atom. The molecule has 1 aliphatic heterocycles. The predicted molar refractivity (Wildman–Crippen MR) is 53.2 cm³/mol. The van der Waals surface area contributed by atoms with Crippen molar-refractivity contribution >= 4 is 0 Å². The fourth-order valence-electron chi connectivity index (χ4n) is 1.40. The summed E-state index contributed by atoms with van der Waals surface area (Å²) in [4.78, 5) is 0. The summed E-state index contributed by atoms with van der Waals surface area (Å²) in [6.07, 6.45) is 2.85. The highest BCUT2D eigenvalue weighted by Gasteiger charge is 2.22. The monoisotopic (exact) mass is 174 g/mol. The van der Waals surface area contributed by atoms with Crippen LogP contribution in [0, 0.1) is 5.92 Å². The third kappa shape index (κ3) is 5.56. The van der Waals surface area contributed by atoms with Gasteiger partial charge in [0.25, 0.3) is 0 Å². The van der Waals surface area contributed by atoms with Crippen LogP contribution in [0.4, 0.5) is 0 Å². The summed E-state index contributed by atoms with van der Waals surface area (Å²) in [5.41, 5.74) is 0. The van der Waals surface area contributed by atoms with Gasteiger partial charge in [0, 0.05) is 14.2 Å². The molecular formula is C10H24NO+. The number of methoxy groups -OCH3 is 1. The third-order valence-corrected chi connectivity index (χ3v) is 2.45. The molecule has 1 fully saturated rings. The SMILES string of the molecule is CC1CC[N+](C)(C)CC1.COC. The highest BCUT2D eigenvalue weighted by Crippen LogP contribution is 2.18. The predicted octanol–water partition coefficient (Wildman–Crippen LogP) is 1.76. The summed E-state index contributed by atoms with van der Waals surface area (Å²) in [7, 11) is 7.90. The minimum absolute atomic E-state index is 0.983. The van der Waals surface area contributed by atoms with Gasteiger partial charge in [0.05, 0.1) is 27.2 Å². The summed E-state index contributed by atoms with van der Waals surface area (Å²) >= 11 is 0. The smallest absolute Gasteiger partial charge is 0.0785 e. The Bertz CT molecular complexity index is 102. The van der Waals surface area contributed by atoms with Crippen LogP contribution in [-0.4, -0.2) is 45.9 Å². The lowest BCUT2D eigenvalue weighted by Gasteiger charge is -2.35. The molecule has 12 heavy (non-hydrogen) atoms. The highest BCUT2D eigenvalue weighted by atomic mass is 16.4. The van der Waals surface area contributed by atoms with Gasteiger partial charge >= 0.3 is 0 Å². The molecule has 0 atom stereocenters. The van der Waals surface area contributed by atoms with Crippen LogP contribution in [0.1, 0.15) is 19.8 Å². The largest absolute Gasteiger partial charge is 0.388 e. The topological polar surface area (TPSA) is 9.23 Å². The van der Waals surface area contributed by atoms with Crippen LogP contribution in [0.5, 0.6) is 0 Å². The maximum Gasteiger partial charge on any atom is 0.0785 e. The number of rotatable bonds is 0. The zero-order valence-corrected chi connectivity index (χ0v) is 9.26. The van der Waals surface area contributed by atoms with Gasteiger partial charge < -0.3 is 9.22 Å². The normalized spacial score (nSPS) is 22.8. The number of hydrogen-bond acceptors (Lipinski definition) is 1. The Hall–Kier alpha value is -0.0800. The molecule has 0 aromatic rings. The third-order valence-electron chi connectivity index (χ3n) is 2.45. The molecule has 2 heteroatoms. The molecule has 0 aromatic heterocycles. The van der Waals surface area contributed by atoms with E-state index in [9.17, 15) is 0 Å². The Labute approximate surface area is 77.1 Å². The van der Waals surface area contributed by atoms with Crippen LogP contribution < -0.4 is 0 Å². The standard InChI is InChI=1S/C8H18N.C2H6O/c1-8-4-6-9(2,3)7-5-8;1-3-2/h8H,4-7H2,1-3H3;1-2H3/q+1;. The minimum Gasteiger partial charge on any atom is -0.388 e. The molecule has 0 saturated carbocycles. The summed E-state index contributed by atoms with van der Waals surface area (Å²) in [6, 6.07) is 0. The second-order valence-electron chi connectivity index (χ2n) is 4.47. The van der Waals surface area contributed by atoms with Gasteiger partial charge in [0.15, 0.2) is 0 Å². The molecule has 1 aliphatic rings.